The summed E-state index contributed by atoms with van der Waals surface area (Å²) in [6.45, 7) is 6.60. The van der Waals surface area contributed by atoms with Gasteiger partial charge in [0.2, 0.25) is 0 Å². The minimum atomic E-state index is -0.953. The largest absolute Gasteiger partial charge is 0.466 e. The molecule has 0 aliphatic carbocycles. The lowest BCUT2D eigenvalue weighted by atomic mass is 9.81. The van der Waals surface area contributed by atoms with Gasteiger partial charge in [0.25, 0.3) is 0 Å². The van der Waals surface area contributed by atoms with Crippen LogP contribution in [-0.4, -0.2) is 57.0 Å². The molecule has 0 bridgehead atoms. The zero-order valence-corrected chi connectivity index (χ0v) is 25.0. The van der Waals surface area contributed by atoms with Crippen molar-refractivity contribution in [2.24, 2.45) is 5.73 Å². The first kappa shape index (κ1) is 31.0. The van der Waals surface area contributed by atoms with Crippen LogP contribution in [0.3, 0.4) is 0 Å². The van der Waals surface area contributed by atoms with Crippen LogP contribution in [0.2, 0.25) is 0 Å². The molecule has 1 fully saturated rings. The first-order valence-electron chi connectivity index (χ1n) is 14.0. The number of nitrogens with two attached hydrogens (primary N) is 1. The van der Waals surface area contributed by atoms with Gasteiger partial charge in [-0.25, -0.2) is 14.4 Å². The van der Waals surface area contributed by atoms with E-state index in [9.17, 15) is 19.6 Å². The summed E-state index contributed by atoms with van der Waals surface area (Å²) in [5.41, 5.74) is 7.83. The van der Waals surface area contributed by atoms with Gasteiger partial charge in [0.05, 0.1) is 48.7 Å². The number of hydrogen-bond donors (Lipinski definition) is 2. The molecule has 1 atom stereocenters. The summed E-state index contributed by atoms with van der Waals surface area (Å²) in [7, 11) is 2.43. The van der Waals surface area contributed by atoms with E-state index >= 15 is 0 Å². The molecule has 43 heavy (non-hydrogen) atoms. The van der Waals surface area contributed by atoms with Crippen LogP contribution < -0.4 is 20.9 Å². The van der Waals surface area contributed by atoms with Gasteiger partial charge >= 0.3 is 18.0 Å². The Morgan fingerprint density at radius 2 is 1.51 bits per heavy atom. The molecule has 0 spiro atoms. The quantitative estimate of drug-likeness (QED) is 0.374. The molecule has 2 aromatic carbocycles. The molecule has 11 nitrogen and oxygen atoms in total. The van der Waals surface area contributed by atoms with E-state index < -0.39 is 29.6 Å². The molecule has 2 aromatic rings. The highest BCUT2D eigenvalue weighted by molar-refractivity contribution is 6.07. The Kier molecular flexibility index (Phi) is 9.29. The third kappa shape index (κ3) is 6.59. The van der Waals surface area contributed by atoms with Crippen molar-refractivity contribution in [1.29, 1.82) is 5.26 Å². The molecule has 226 valence electrons. The summed E-state index contributed by atoms with van der Waals surface area (Å²) >= 11 is 0. The van der Waals surface area contributed by atoms with Crippen molar-refractivity contribution in [3.05, 3.63) is 82.8 Å². The minimum Gasteiger partial charge on any atom is -0.466 e. The molecule has 2 aliphatic heterocycles. The number of rotatable bonds is 6. The van der Waals surface area contributed by atoms with Gasteiger partial charge in [-0.3, -0.25) is 4.90 Å². The second-order valence-electron chi connectivity index (χ2n) is 11.2. The normalized spacial score (nSPS) is 17.7. The number of nitrogens with zero attached hydrogens (tertiary/aromatic N) is 3. The highest BCUT2D eigenvalue weighted by atomic mass is 16.6. The second kappa shape index (κ2) is 12.9. The van der Waals surface area contributed by atoms with Crippen LogP contribution in [0.5, 0.6) is 0 Å². The molecule has 1 amide bonds. The number of carbonyl (C=O) groups is 3. The van der Waals surface area contributed by atoms with Crippen molar-refractivity contribution in [1.82, 2.24) is 5.32 Å². The number of esters is 2. The van der Waals surface area contributed by atoms with Gasteiger partial charge in [-0.2, -0.15) is 5.26 Å². The number of allylic oxidation sites excluding steroid dienone is 1. The second-order valence-corrected chi connectivity index (χ2v) is 11.2. The molecule has 2 heterocycles. The van der Waals surface area contributed by atoms with Crippen LogP contribution >= 0.6 is 0 Å². The smallest absolute Gasteiger partial charge is 0.407 e. The van der Waals surface area contributed by atoms with Crippen LogP contribution in [0.1, 0.15) is 45.1 Å². The molecule has 11 heteroatoms. The van der Waals surface area contributed by atoms with Crippen molar-refractivity contribution in [2.45, 2.75) is 51.2 Å². The summed E-state index contributed by atoms with van der Waals surface area (Å²) in [4.78, 5) is 42.7. The number of hydrogen-bond acceptors (Lipinski definition) is 10. The molecule has 2 aliphatic rings. The predicted octanol–water partition coefficient (Wildman–Crippen LogP) is 4.08. The van der Waals surface area contributed by atoms with E-state index in [-0.39, 0.29) is 28.7 Å². The SMILES string of the molecule is COC(=O)C1=C(C(=O)OC)N(c2ccccc2N2CCC(NC(=O)OC(C)(C)C)CC2)C(N)=C(C#N)C1c1ccccc1. The summed E-state index contributed by atoms with van der Waals surface area (Å²) in [5, 5.41) is 13.3. The Hall–Kier alpha value is -4.98. The number of ether oxygens (including phenoxy) is 3. The standard InChI is InChI=1S/C32H37N5O6/c1-32(2,3)43-31(40)35-21-15-17-36(18-16-21)23-13-9-10-14-24(23)37-27(30(39)42-5)26(29(38)41-4)25(22(19-33)28(37)34)20-11-7-6-8-12-20/h6-14,21,25H,15-18,34H2,1-5H3,(H,35,40). The van der Waals surface area contributed by atoms with Gasteiger partial charge in [-0.1, -0.05) is 42.5 Å². The Labute approximate surface area is 251 Å². The summed E-state index contributed by atoms with van der Waals surface area (Å²) in [6.07, 6.45) is 0.828. The van der Waals surface area contributed by atoms with Gasteiger partial charge in [0, 0.05) is 19.1 Å². The van der Waals surface area contributed by atoms with E-state index in [1.54, 1.807) is 36.4 Å². The van der Waals surface area contributed by atoms with Crippen molar-refractivity contribution in [2.75, 3.05) is 37.1 Å². The predicted molar refractivity (Wildman–Crippen MR) is 161 cm³/mol. The summed E-state index contributed by atoms with van der Waals surface area (Å²) < 4.78 is 15.7. The third-order valence-electron chi connectivity index (χ3n) is 7.29. The van der Waals surface area contributed by atoms with Gasteiger partial charge in [-0.15, -0.1) is 0 Å². The van der Waals surface area contributed by atoms with Crippen LogP contribution in [0.4, 0.5) is 16.2 Å². The molecule has 0 radical (unpaired) electrons. The number of nitrogens with one attached hydrogen (secondary N) is 1. The van der Waals surface area contributed by atoms with Crippen molar-refractivity contribution < 1.29 is 28.6 Å². The monoisotopic (exact) mass is 587 g/mol. The maximum Gasteiger partial charge on any atom is 0.407 e. The zero-order valence-electron chi connectivity index (χ0n) is 25.0. The fourth-order valence-electron chi connectivity index (χ4n) is 5.42. The molecular formula is C32H37N5O6. The van der Waals surface area contributed by atoms with Crippen molar-refractivity contribution in [3.63, 3.8) is 0 Å². The number of amides is 1. The number of benzene rings is 2. The van der Waals surface area contributed by atoms with Crippen LogP contribution in [-0.2, 0) is 23.8 Å². The summed E-state index contributed by atoms with van der Waals surface area (Å²) in [5.74, 6) is -2.55. The van der Waals surface area contributed by atoms with E-state index in [2.05, 4.69) is 16.3 Å². The fourth-order valence-corrected chi connectivity index (χ4v) is 5.42. The molecule has 1 unspecified atom stereocenters. The Bertz CT molecular complexity index is 1480. The number of para-hydroxylation sites is 2. The maximum atomic E-state index is 13.5. The number of nitriles is 1. The third-order valence-corrected chi connectivity index (χ3v) is 7.29. The number of carbonyl (C=O) groups excluding carboxylic acids is 3. The van der Waals surface area contributed by atoms with Gasteiger partial charge in [-0.05, 0) is 51.3 Å². The van der Waals surface area contributed by atoms with E-state index in [0.29, 0.717) is 37.2 Å². The minimum absolute atomic E-state index is 0.00154. The molecule has 1 saturated heterocycles. The lowest BCUT2D eigenvalue weighted by Crippen LogP contribution is -2.46. The van der Waals surface area contributed by atoms with Gasteiger partial charge in [0.15, 0.2) is 0 Å². The van der Waals surface area contributed by atoms with E-state index in [1.807, 2.05) is 39.0 Å². The van der Waals surface area contributed by atoms with E-state index in [1.165, 1.54) is 19.1 Å². The maximum absolute atomic E-state index is 13.5. The van der Waals surface area contributed by atoms with E-state index in [0.717, 1.165) is 5.69 Å². The molecule has 4 rings (SSSR count). The lowest BCUT2D eigenvalue weighted by Gasteiger charge is -2.40. The Balaban J connectivity index is 1.77. The first-order chi connectivity index (χ1) is 20.5. The average molecular weight is 588 g/mol. The molecule has 0 aromatic heterocycles. The van der Waals surface area contributed by atoms with Crippen LogP contribution in [0, 0.1) is 11.3 Å². The van der Waals surface area contributed by atoms with Gasteiger partial charge < -0.3 is 30.2 Å². The number of piperidine rings is 1. The van der Waals surface area contributed by atoms with Gasteiger partial charge in [0.1, 0.15) is 17.1 Å². The topological polar surface area (TPSA) is 147 Å². The average Bonchev–Trinajstić information content (AvgIpc) is 2.99. The van der Waals surface area contributed by atoms with Crippen molar-refractivity contribution in [3.8, 4) is 6.07 Å². The summed E-state index contributed by atoms with van der Waals surface area (Å²) in [6, 6.07) is 18.3. The Morgan fingerprint density at radius 1 is 0.930 bits per heavy atom. The number of anilines is 2. The van der Waals surface area contributed by atoms with Crippen LogP contribution in [0.15, 0.2) is 77.3 Å². The molecule has 3 N–H and O–H groups in total. The highest BCUT2D eigenvalue weighted by Gasteiger charge is 2.43. The fraction of sp³-hybridized carbons (Fsp3) is 0.375. The first-order valence-corrected chi connectivity index (χ1v) is 14.0. The number of methoxy groups -OCH3 is 2. The number of alkyl carbamates (subject to hydrolysis) is 1. The van der Waals surface area contributed by atoms with E-state index in [4.69, 9.17) is 19.9 Å². The Morgan fingerprint density at radius 3 is 2.07 bits per heavy atom. The van der Waals surface area contributed by atoms with Crippen molar-refractivity contribution >= 4 is 29.4 Å². The molecular weight excluding hydrogens is 550 g/mol. The zero-order chi connectivity index (χ0) is 31.3. The highest BCUT2D eigenvalue weighted by Crippen LogP contribution is 2.45. The lowest BCUT2D eigenvalue weighted by molar-refractivity contribution is -0.139. The van der Waals surface area contributed by atoms with Crippen LogP contribution in [0.25, 0.3) is 0 Å². The molecule has 0 saturated carbocycles.